The monoisotopic (exact) mass is 553 g/mol. The van der Waals surface area contributed by atoms with Gasteiger partial charge in [-0.15, -0.1) is 0 Å². The molecular weight excluding hydrogens is 526 g/mol. The number of carbonyl (C=O) groups excluding carboxylic acids is 1. The van der Waals surface area contributed by atoms with Crippen LogP contribution in [0.2, 0.25) is 0 Å². The molecule has 2 heterocycles. The van der Waals surface area contributed by atoms with Crippen molar-refractivity contribution < 1.29 is 18.8 Å². The second-order valence-corrected chi connectivity index (χ2v) is 9.47. The first-order valence-corrected chi connectivity index (χ1v) is 12.2. The number of amides is 1. The lowest BCUT2D eigenvalue weighted by atomic mass is 9.77. The summed E-state index contributed by atoms with van der Waals surface area (Å²) in [5, 5.41) is 7.00. The van der Waals surface area contributed by atoms with E-state index in [0.717, 1.165) is 23.4 Å². The number of carbonyl (C=O) groups is 1. The van der Waals surface area contributed by atoms with E-state index in [-0.39, 0.29) is 11.7 Å². The SMILES string of the molecule is COc1ccccc1C1=CCC(C(=O)Nc2cc(OCCN(C)C)c(Br)cn2)(c2noc(C)n2)C=C1. The van der Waals surface area contributed by atoms with Crippen molar-refractivity contribution in [3.63, 3.8) is 0 Å². The van der Waals surface area contributed by atoms with Gasteiger partial charge in [-0.25, -0.2) is 4.98 Å². The number of nitrogens with one attached hydrogen (secondary N) is 1. The molecule has 1 aromatic carbocycles. The largest absolute Gasteiger partial charge is 0.496 e. The maximum atomic E-state index is 13.7. The van der Waals surface area contributed by atoms with E-state index in [1.54, 1.807) is 26.3 Å². The molecule has 0 fully saturated rings. The Labute approximate surface area is 218 Å². The van der Waals surface area contributed by atoms with Crippen molar-refractivity contribution in [2.45, 2.75) is 18.8 Å². The molecule has 0 bridgehead atoms. The molecule has 1 atom stereocenters. The van der Waals surface area contributed by atoms with Crippen LogP contribution in [0.4, 0.5) is 5.82 Å². The number of hydrogen-bond acceptors (Lipinski definition) is 8. The number of halogens is 1. The number of methoxy groups -OCH3 is 1. The van der Waals surface area contributed by atoms with Gasteiger partial charge in [0.15, 0.2) is 5.82 Å². The molecule has 0 radical (unpaired) electrons. The zero-order valence-electron chi connectivity index (χ0n) is 20.6. The van der Waals surface area contributed by atoms with Crippen LogP contribution in [0.25, 0.3) is 5.57 Å². The van der Waals surface area contributed by atoms with Crippen LogP contribution in [0, 0.1) is 6.92 Å². The van der Waals surface area contributed by atoms with Gasteiger partial charge in [-0.2, -0.15) is 4.98 Å². The summed E-state index contributed by atoms with van der Waals surface area (Å²) < 4.78 is 17.3. The molecule has 10 heteroatoms. The van der Waals surface area contributed by atoms with Gasteiger partial charge in [0.25, 0.3) is 0 Å². The number of pyridine rings is 1. The topological polar surface area (TPSA) is 103 Å². The molecule has 188 valence electrons. The number of benzene rings is 1. The van der Waals surface area contributed by atoms with E-state index < -0.39 is 5.41 Å². The molecule has 1 N–H and O–H groups in total. The van der Waals surface area contributed by atoms with E-state index >= 15 is 0 Å². The van der Waals surface area contributed by atoms with Gasteiger partial charge in [0.1, 0.15) is 29.3 Å². The van der Waals surface area contributed by atoms with Crippen molar-refractivity contribution in [2.24, 2.45) is 0 Å². The summed E-state index contributed by atoms with van der Waals surface area (Å²) >= 11 is 3.46. The lowest BCUT2D eigenvalue weighted by molar-refractivity contribution is -0.120. The summed E-state index contributed by atoms with van der Waals surface area (Å²) in [5.74, 6) is 2.03. The third-order valence-corrected chi connectivity index (χ3v) is 6.39. The molecule has 2 aromatic heterocycles. The summed E-state index contributed by atoms with van der Waals surface area (Å²) in [4.78, 5) is 24.5. The standard InChI is InChI=1S/C26H28BrN5O4/c1-17-29-24(31-36-17)26(11-9-18(10-12-26)19-7-5-6-8-21(19)34-4)25(33)30-23-15-22(20(27)16-28-23)35-14-13-32(2)3/h5-11,15-16H,12-14H2,1-4H3,(H,28,30,33). The second-order valence-electron chi connectivity index (χ2n) is 8.61. The second kappa shape index (κ2) is 11.0. The van der Waals surface area contributed by atoms with Crippen LogP contribution in [-0.2, 0) is 10.2 Å². The van der Waals surface area contributed by atoms with Crippen LogP contribution in [-0.4, -0.2) is 60.3 Å². The van der Waals surface area contributed by atoms with Crippen LogP contribution in [0.15, 0.2) is 63.8 Å². The predicted molar refractivity (Wildman–Crippen MR) is 140 cm³/mol. The normalized spacial score (nSPS) is 17.1. The van der Waals surface area contributed by atoms with E-state index in [1.165, 1.54) is 0 Å². The van der Waals surface area contributed by atoms with Crippen molar-refractivity contribution in [1.29, 1.82) is 0 Å². The Bertz CT molecular complexity index is 1300. The fourth-order valence-electron chi connectivity index (χ4n) is 3.80. The Morgan fingerprint density at radius 1 is 1.28 bits per heavy atom. The molecule has 1 aliphatic carbocycles. The molecule has 0 saturated heterocycles. The number of allylic oxidation sites excluding steroid dienone is 3. The fraction of sp³-hybridized carbons (Fsp3) is 0.308. The Balaban J connectivity index is 1.61. The molecule has 1 unspecified atom stereocenters. The van der Waals surface area contributed by atoms with E-state index in [2.05, 4.69) is 36.4 Å². The average Bonchev–Trinajstić information content (AvgIpc) is 3.32. The van der Waals surface area contributed by atoms with Gasteiger partial charge in [-0.05, 0) is 48.1 Å². The number of ether oxygens (including phenoxy) is 2. The number of likely N-dealkylation sites (N-methyl/N-ethyl adjacent to an activating group) is 1. The van der Waals surface area contributed by atoms with Crippen LogP contribution in [0.3, 0.4) is 0 Å². The molecule has 36 heavy (non-hydrogen) atoms. The third kappa shape index (κ3) is 5.50. The number of para-hydroxylation sites is 1. The van der Waals surface area contributed by atoms with Gasteiger partial charge in [0.05, 0.1) is 11.6 Å². The Hall–Kier alpha value is -3.50. The minimum absolute atomic E-state index is 0.281. The van der Waals surface area contributed by atoms with E-state index in [9.17, 15) is 4.79 Å². The van der Waals surface area contributed by atoms with Gasteiger partial charge < -0.3 is 24.2 Å². The Morgan fingerprint density at radius 3 is 2.75 bits per heavy atom. The maximum absolute atomic E-state index is 13.7. The number of hydrogen-bond donors (Lipinski definition) is 1. The Morgan fingerprint density at radius 2 is 2.08 bits per heavy atom. The number of rotatable bonds is 9. The van der Waals surface area contributed by atoms with E-state index in [1.807, 2.05) is 61.5 Å². The maximum Gasteiger partial charge on any atom is 0.243 e. The van der Waals surface area contributed by atoms with Crippen LogP contribution in [0.5, 0.6) is 11.5 Å². The van der Waals surface area contributed by atoms with Gasteiger partial charge >= 0.3 is 0 Å². The smallest absolute Gasteiger partial charge is 0.243 e. The molecule has 0 aliphatic heterocycles. The highest BCUT2D eigenvalue weighted by atomic mass is 79.9. The fourth-order valence-corrected chi connectivity index (χ4v) is 4.13. The molecule has 3 aromatic rings. The highest BCUT2D eigenvalue weighted by Gasteiger charge is 2.43. The van der Waals surface area contributed by atoms with Gasteiger partial charge in [-0.3, -0.25) is 4.79 Å². The zero-order chi connectivity index (χ0) is 25.7. The summed E-state index contributed by atoms with van der Waals surface area (Å²) in [6.07, 6.45) is 7.60. The highest BCUT2D eigenvalue weighted by molar-refractivity contribution is 9.10. The first kappa shape index (κ1) is 25.6. The predicted octanol–water partition coefficient (Wildman–Crippen LogP) is 4.40. The van der Waals surface area contributed by atoms with Crippen LogP contribution >= 0.6 is 15.9 Å². The summed E-state index contributed by atoms with van der Waals surface area (Å²) in [7, 11) is 5.58. The minimum Gasteiger partial charge on any atom is -0.496 e. The molecule has 9 nitrogen and oxygen atoms in total. The number of aryl methyl sites for hydroxylation is 1. The number of anilines is 1. The molecular formula is C26H28BrN5O4. The van der Waals surface area contributed by atoms with Gasteiger partial charge in [0.2, 0.25) is 11.8 Å². The Kier molecular flexibility index (Phi) is 7.85. The quantitative estimate of drug-likeness (QED) is 0.415. The van der Waals surface area contributed by atoms with Crippen molar-refractivity contribution in [3.05, 3.63) is 76.5 Å². The third-order valence-electron chi connectivity index (χ3n) is 5.80. The first-order chi connectivity index (χ1) is 17.3. The van der Waals surface area contributed by atoms with Crippen LogP contribution < -0.4 is 14.8 Å². The highest BCUT2D eigenvalue weighted by Crippen LogP contribution is 2.38. The first-order valence-electron chi connectivity index (χ1n) is 11.4. The van der Waals surface area contributed by atoms with Gasteiger partial charge in [-0.1, -0.05) is 41.6 Å². The van der Waals surface area contributed by atoms with Gasteiger partial charge in [0, 0.05) is 31.3 Å². The van der Waals surface area contributed by atoms with Crippen molar-refractivity contribution >= 4 is 33.2 Å². The van der Waals surface area contributed by atoms with Crippen molar-refractivity contribution in [3.8, 4) is 11.5 Å². The van der Waals surface area contributed by atoms with Crippen molar-refractivity contribution in [2.75, 3.05) is 39.7 Å². The zero-order valence-corrected chi connectivity index (χ0v) is 22.2. The average molecular weight is 554 g/mol. The molecule has 4 rings (SSSR count). The number of aromatic nitrogens is 3. The molecule has 0 spiro atoms. The minimum atomic E-state index is -1.18. The molecule has 1 aliphatic rings. The molecule has 1 amide bonds. The summed E-state index contributed by atoms with van der Waals surface area (Å²) in [6, 6.07) is 9.43. The summed E-state index contributed by atoms with van der Waals surface area (Å²) in [6.45, 7) is 2.94. The van der Waals surface area contributed by atoms with E-state index in [4.69, 9.17) is 14.0 Å². The lowest BCUT2D eigenvalue weighted by Crippen LogP contribution is -2.40. The van der Waals surface area contributed by atoms with E-state index in [0.29, 0.717) is 35.0 Å². The summed E-state index contributed by atoms with van der Waals surface area (Å²) in [5.41, 5.74) is 0.697. The van der Waals surface area contributed by atoms with Crippen LogP contribution in [0.1, 0.15) is 23.7 Å². The lowest BCUT2D eigenvalue weighted by Gasteiger charge is -2.28. The van der Waals surface area contributed by atoms with Crippen molar-refractivity contribution in [1.82, 2.24) is 20.0 Å². The number of nitrogens with zero attached hydrogens (tertiary/aromatic N) is 4. The molecule has 0 saturated carbocycles.